The van der Waals surface area contributed by atoms with Gasteiger partial charge in [-0.1, -0.05) is 71.3 Å². The van der Waals surface area contributed by atoms with Gasteiger partial charge in [0.25, 0.3) is 0 Å². The molecule has 0 aromatic heterocycles. The molecule has 2 N–H and O–H groups in total. The van der Waals surface area contributed by atoms with Crippen LogP contribution in [0, 0.1) is 6.92 Å². The minimum Gasteiger partial charge on any atom is -0.449 e. The topological polar surface area (TPSA) is 76.7 Å². The number of ether oxygens (including phenoxy) is 2. The smallest absolute Gasteiger partial charge is 0.411 e. The van der Waals surface area contributed by atoms with Crippen LogP contribution >= 0.6 is 0 Å². The van der Waals surface area contributed by atoms with Gasteiger partial charge >= 0.3 is 12.2 Å². The van der Waals surface area contributed by atoms with Crippen LogP contribution in [0.25, 0.3) is 0 Å². The van der Waals surface area contributed by atoms with E-state index in [1.807, 2.05) is 13.0 Å². The zero-order chi connectivity index (χ0) is 21.3. The van der Waals surface area contributed by atoms with E-state index in [9.17, 15) is 9.59 Å². The van der Waals surface area contributed by atoms with Crippen LogP contribution in [0.5, 0.6) is 0 Å². The molecule has 0 fully saturated rings. The molecule has 0 aliphatic carbocycles. The number of carbonyl (C=O) groups is 2. The lowest BCUT2D eigenvalue weighted by Crippen LogP contribution is -2.17. The summed E-state index contributed by atoms with van der Waals surface area (Å²) in [6, 6.07) is 5.32. The number of hydrogen-bond donors (Lipinski definition) is 2. The maximum atomic E-state index is 12.0. The maximum Gasteiger partial charge on any atom is 0.411 e. The third kappa shape index (κ3) is 12.0. The second-order valence-electron chi connectivity index (χ2n) is 7.38. The molecule has 0 aliphatic heterocycles. The molecule has 0 atom stereocenters. The molecule has 0 saturated heterocycles. The molecule has 0 spiro atoms. The van der Waals surface area contributed by atoms with E-state index >= 15 is 0 Å². The van der Waals surface area contributed by atoms with Crippen molar-refractivity contribution >= 4 is 23.6 Å². The highest BCUT2D eigenvalue weighted by Gasteiger charge is 2.09. The van der Waals surface area contributed by atoms with Gasteiger partial charge in [0.1, 0.15) is 0 Å². The highest BCUT2D eigenvalue weighted by atomic mass is 16.6. The van der Waals surface area contributed by atoms with Gasteiger partial charge in [0.2, 0.25) is 0 Å². The van der Waals surface area contributed by atoms with Crippen molar-refractivity contribution in [2.45, 2.75) is 85.0 Å². The molecule has 6 heteroatoms. The fraction of sp³-hybridized carbons (Fsp3) is 0.652. The first-order valence-electron chi connectivity index (χ1n) is 11.0. The standard InChI is InChI=1S/C23H38N2O4/c1-4-6-8-10-12-16-28-22(26)24-20-15-14-19(3)21(18-20)25-23(27)29-17-13-11-9-7-5-2/h14-15,18H,4-13,16-17H2,1-3H3,(H,24,26)(H,25,27). The Morgan fingerprint density at radius 3 is 1.83 bits per heavy atom. The van der Waals surface area contributed by atoms with Crippen LogP contribution in [0.2, 0.25) is 0 Å². The average molecular weight is 407 g/mol. The molecule has 1 rings (SSSR count). The highest BCUT2D eigenvalue weighted by Crippen LogP contribution is 2.21. The fourth-order valence-electron chi connectivity index (χ4n) is 2.88. The Morgan fingerprint density at radius 1 is 0.759 bits per heavy atom. The van der Waals surface area contributed by atoms with Gasteiger partial charge in [-0.2, -0.15) is 0 Å². The molecule has 1 aromatic carbocycles. The minimum atomic E-state index is -0.482. The number of carbonyl (C=O) groups excluding carboxylic acids is 2. The quantitative estimate of drug-likeness (QED) is 0.325. The second kappa shape index (κ2) is 15.7. The Kier molecular flexibility index (Phi) is 13.4. The molecular weight excluding hydrogens is 368 g/mol. The van der Waals surface area contributed by atoms with Gasteiger partial charge in [0.15, 0.2) is 0 Å². The Labute approximate surface area is 175 Å². The average Bonchev–Trinajstić information content (AvgIpc) is 2.70. The summed E-state index contributed by atoms with van der Waals surface area (Å²) >= 11 is 0. The van der Waals surface area contributed by atoms with Crippen molar-refractivity contribution in [3.8, 4) is 0 Å². The molecule has 2 amide bonds. The highest BCUT2D eigenvalue weighted by molar-refractivity contribution is 5.89. The molecule has 0 aliphatic rings. The summed E-state index contributed by atoms with van der Waals surface area (Å²) in [6.07, 6.45) is 10.1. The van der Waals surface area contributed by atoms with Gasteiger partial charge in [-0.15, -0.1) is 0 Å². The first-order valence-corrected chi connectivity index (χ1v) is 11.0. The number of anilines is 2. The number of unbranched alkanes of at least 4 members (excludes halogenated alkanes) is 8. The van der Waals surface area contributed by atoms with Gasteiger partial charge in [-0.05, 0) is 37.5 Å². The Hall–Kier alpha value is -2.24. The van der Waals surface area contributed by atoms with Crippen LogP contribution in [0.15, 0.2) is 18.2 Å². The van der Waals surface area contributed by atoms with E-state index in [1.165, 1.54) is 38.5 Å². The molecule has 6 nitrogen and oxygen atoms in total. The molecule has 0 saturated carbocycles. The van der Waals surface area contributed by atoms with Crippen LogP contribution in [-0.2, 0) is 9.47 Å². The van der Waals surface area contributed by atoms with Crippen molar-refractivity contribution < 1.29 is 19.1 Å². The van der Waals surface area contributed by atoms with Crippen molar-refractivity contribution in [1.82, 2.24) is 0 Å². The van der Waals surface area contributed by atoms with Gasteiger partial charge in [0.05, 0.1) is 13.2 Å². The van der Waals surface area contributed by atoms with Crippen LogP contribution in [0.4, 0.5) is 21.0 Å². The summed E-state index contributed by atoms with van der Waals surface area (Å²) in [5.41, 5.74) is 2.07. The van der Waals surface area contributed by atoms with Gasteiger partial charge in [0, 0.05) is 11.4 Å². The van der Waals surface area contributed by atoms with Crippen LogP contribution in [-0.4, -0.2) is 25.4 Å². The molecular formula is C23H38N2O4. The van der Waals surface area contributed by atoms with E-state index in [4.69, 9.17) is 9.47 Å². The predicted octanol–water partition coefficient (Wildman–Crippen LogP) is 7.03. The summed E-state index contributed by atoms with van der Waals surface area (Å²) < 4.78 is 10.4. The lowest BCUT2D eigenvalue weighted by molar-refractivity contribution is 0.158. The third-order valence-electron chi connectivity index (χ3n) is 4.68. The van der Waals surface area contributed by atoms with Crippen molar-refractivity contribution in [2.24, 2.45) is 0 Å². The largest absolute Gasteiger partial charge is 0.449 e. The minimum absolute atomic E-state index is 0.414. The normalized spacial score (nSPS) is 10.4. The van der Waals surface area contributed by atoms with Crippen molar-refractivity contribution in [3.63, 3.8) is 0 Å². The van der Waals surface area contributed by atoms with Gasteiger partial charge < -0.3 is 9.47 Å². The van der Waals surface area contributed by atoms with E-state index in [2.05, 4.69) is 24.5 Å². The SMILES string of the molecule is CCCCCCCOC(=O)Nc1ccc(C)c(NC(=O)OCCCCCCC)c1. The van der Waals surface area contributed by atoms with E-state index in [-0.39, 0.29) is 0 Å². The predicted molar refractivity (Wildman–Crippen MR) is 119 cm³/mol. The number of rotatable bonds is 14. The van der Waals surface area contributed by atoms with E-state index in [0.29, 0.717) is 24.6 Å². The number of aryl methyl sites for hydroxylation is 1. The monoisotopic (exact) mass is 406 g/mol. The van der Waals surface area contributed by atoms with E-state index in [1.54, 1.807) is 12.1 Å². The Balaban J connectivity index is 2.35. The summed E-state index contributed by atoms with van der Waals surface area (Å²) in [4.78, 5) is 23.9. The lowest BCUT2D eigenvalue weighted by Gasteiger charge is -2.12. The number of hydrogen-bond acceptors (Lipinski definition) is 4. The van der Waals surface area contributed by atoms with Crippen molar-refractivity contribution in [1.29, 1.82) is 0 Å². The zero-order valence-corrected chi connectivity index (χ0v) is 18.4. The fourth-order valence-corrected chi connectivity index (χ4v) is 2.88. The maximum absolute atomic E-state index is 12.0. The molecule has 164 valence electrons. The first kappa shape index (κ1) is 24.8. The first-order chi connectivity index (χ1) is 14.1. The summed E-state index contributed by atoms with van der Waals surface area (Å²) in [5.74, 6) is 0. The van der Waals surface area contributed by atoms with Gasteiger partial charge in [-0.3, -0.25) is 10.6 Å². The van der Waals surface area contributed by atoms with E-state index in [0.717, 1.165) is 31.2 Å². The zero-order valence-electron chi connectivity index (χ0n) is 18.4. The van der Waals surface area contributed by atoms with Gasteiger partial charge in [-0.25, -0.2) is 9.59 Å². The second-order valence-corrected chi connectivity index (χ2v) is 7.38. The van der Waals surface area contributed by atoms with Crippen molar-refractivity contribution in [3.05, 3.63) is 23.8 Å². The van der Waals surface area contributed by atoms with Crippen LogP contribution in [0.3, 0.4) is 0 Å². The molecule has 0 unspecified atom stereocenters. The van der Waals surface area contributed by atoms with Crippen molar-refractivity contribution in [2.75, 3.05) is 23.8 Å². The molecule has 0 heterocycles. The third-order valence-corrected chi connectivity index (χ3v) is 4.68. The number of nitrogens with one attached hydrogen (secondary N) is 2. The summed E-state index contributed by atoms with van der Waals surface area (Å²) in [5, 5.41) is 5.45. The summed E-state index contributed by atoms with van der Waals surface area (Å²) in [7, 11) is 0. The number of amides is 2. The Morgan fingerprint density at radius 2 is 1.28 bits per heavy atom. The van der Waals surface area contributed by atoms with Crippen LogP contribution in [0.1, 0.15) is 83.6 Å². The molecule has 1 aromatic rings. The Bertz CT molecular complexity index is 605. The molecule has 0 radical (unpaired) electrons. The van der Waals surface area contributed by atoms with E-state index < -0.39 is 12.2 Å². The number of benzene rings is 1. The lowest BCUT2D eigenvalue weighted by atomic mass is 10.2. The summed E-state index contributed by atoms with van der Waals surface area (Å²) in [6.45, 7) is 7.06. The molecule has 29 heavy (non-hydrogen) atoms. The molecule has 0 bridgehead atoms. The van der Waals surface area contributed by atoms with Crippen LogP contribution < -0.4 is 10.6 Å².